The molecular weight excluding hydrogens is 497 g/mol. The van der Waals surface area contributed by atoms with Gasteiger partial charge in [-0.1, -0.05) is 18.5 Å². The molecule has 1 atom stereocenters. The molecule has 0 bridgehead atoms. The van der Waals surface area contributed by atoms with Crippen molar-refractivity contribution in [2.45, 2.75) is 39.7 Å². The zero-order chi connectivity index (χ0) is 26.9. The second-order valence-corrected chi connectivity index (χ2v) is 10.2. The first-order valence-electron chi connectivity index (χ1n) is 12.5. The van der Waals surface area contributed by atoms with E-state index in [0.29, 0.717) is 41.5 Å². The normalized spacial score (nSPS) is 15.9. The van der Waals surface area contributed by atoms with Gasteiger partial charge in [0.25, 0.3) is 5.91 Å². The summed E-state index contributed by atoms with van der Waals surface area (Å²) in [6.45, 7) is 12.3. The smallest absolute Gasteiger partial charge is 0.258 e. The highest BCUT2D eigenvalue weighted by atomic mass is 35.5. The molecule has 1 fully saturated rings. The van der Waals surface area contributed by atoms with Crippen molar-refractivity contribution in [2.75, 3.05) is 52.0 Å². The van der Waals surface area contributed by atoms with E-state index >= 15 is 4.39 Å². The molecule has 0 aliphatic carbocycles. The number of carbonyl (C=O) groups is 1. The number of hydrogen-bond acceptors (Lipinski definition) is 7. The number of ether oxygens (including phenoxy) is 1. The fourth-order valence-electron chi connectivity index (χ4n) is 4.72. The minimum Gasteiger partial charge on any atom is -0.490 e. The van der Waals surface area contributed by atoms with Gasteiger partial charge in [-0.2, -0.15) is 0 Å². The van der Waals surface area contributed by atoms with Crippen molar-refractivity contribution in [3.05, 3.63) is 51.9 Å². The zero-order valence-electron chi connectivity index (χ0n) is 22.0. The highest BCUT2D eigenvalue weighted by Crippen LogP contribution is 2.39. The van der Waals surface area contributed by atoms with Crippen LogP contribution in [0.25, 0.3) is 5.52 Å². The number of likely N-dealkylation sites (N-methyl/N-ethyl adjacent to an activating group) is 1. The van der Waals surface area contributed by atoms with E-state index in [4.69, 9.17) is 27.1 Å². The lowest BCUT2D eigenvalue weighted by Crippen LogP contribution is -2.47. The van der Waals surface area contributed by atoms with Crippen LogP contribution in [0.5, 0.6) is 5.75 Å². The summed E-state index contributed by atoms with van der Waals surface area (Å²) in [6.07, 6.45) is 3.07. The number of fused-ring (bicyclic) bond motifs is 1. The minimum absolute atomic E-state index is 0.152. The molecule has 3 heterocycles. The van der Waals surface area contributed by atoms with Crippen LogP contribution in [-0.2, 0) is 0 Å². The van der Waals surface area contributed by atoms with Gasteiger partial charge in [-0.3, -0.25) is 14.1 Å². The molecule has 0 spiro atoms. The highest BCUT2D eigenvalue weighted by molar-refractivity contribution is 6.31. The van der Waals surface area contributed by atoms with Gasteiger partial charge in [0.15, 0.2) is 5.82 Å². The lowest BCUT2D eigenvalue weighted by atomic mass is 9.95. The summed E-state index contributed by atoms with van der Waals surface area (Å²) in [7, 11) is 2.09. The predicted octanol–water partition coefficient (Wildman–Crippen LogP) is 3.33. The summed E-state index contributed by atoms with van der Waals surface area (Å²) in [5.41, 5.74) is 7.88. The molecule has 0 saturated carbocycles. The van der Waals surface area contributed by atoms with Gasteiger partial charge in [0.1, 0.15) is 28.5 Å². The number of nitrogens with one attached hydrogen (secondary N) is 1. The molecule has 1 aromatic carbocycles. The zero-order valence-corrected chi connectivity index (χ0v) is 22.8. The molecule has 0 radical (unpaired) electrons. The number of nitrogen functional groups attached to an aromatic ring is 1. The first kappa shape index (κ1) is 27.1. The Morgan fingerprint density at radius 3 is 2.65 bits per heavy atom. The van der Waals surface area contributed by atoms with Crippen LogP contribution < -0.4 is 15.8 Å². The van der Waals surface area contributed by atoms with Crippen molar-refractivity contribution >= 4 is 28.8 Å². The van der Waals surface area contributed by atoms with Crippen LogP contribution in [0.15, 0.2) is 18.5 Å². The fourth-order valence-corrected chi connectivity index (χ4v) is 4.93. The van der Waals surface area contributed by atoms with E-state index in [-0.39, 0.29) is 22.4 Å². The van der Waals surface area contributed by atoms with Crippen LogP contribution in [0, 0.1) is 12.7 Å². The number of hydrogen-bond donors (Lipinski definition) is 2. The number of nitrogens with two attached hydrogens (primary N) is 1. The molecule has 1 amide bonds. The summed E-state index contributed by atoms with van der Waals surface area (Å²) in [5, 5.41) is 2.72. The quantitative estimate of drug-likeness (QED) is 0.460. The third-order valence-electron chi connectivity index (χ3n) is 6.73. The first-order chi connectivity index (χ1) is 17.6. The fraction of sp³-hybridized carbons (Fsp3) is 0.500. The van der Waals surface area contributed by atoms with Crippen molar-refractivity contribution in [3.8, 4) is 5.75 Å². The van der Waals surface area contributed by atoms with Crippen molar-refractivity contribution in [1.29, 1.82) is 0 Å². The monoisotopic (exact) mass is 531 g/mol. The van der Waals surface area contributed by atoms with Crippen molar-refractivity contribution < 1.29 is 13.9 Å². The SMILES string of the molecule is Cc1nc([C@@H](C)c2cc(Cl)c(F)c(C(=O)NCCN3CCN(C)CC3)c2OC(C)C)n2ccnc(N)c12. The van der Waals surface area contributed by atoms with Crippen LogP contribution in [0.2, 0.25) is 5.02 Å². The summed E-state index contributed by atoms with van der Waals surface area (Å²) < 4.78 is 23.3. The molecule has 37 heavy (non-hydrogen) atoms. The molecule has 1 aliphatic rings. The predicted molar refractivity (Wildman–Crippen MR) is 143 cm³/mol. The average Bonchev–Trinajstić information content (AvgIpc) is 3.19. The maximum absolute atomic E-state index is 15.4. The lowest BCUT2D eigenvalue weighted by molar-refractivity contribution is 0.0930. The van der Waals surface area contributed by atoms with Gasteiger partial charge in [-0.15, -0.1) is 0 Å². The van der Waals surface area contributed by atoms with Gasteiger partial charge in [0.2, 0.25) is 0 Å². The van der Waals surface area contributed by atoms with Crippen LogP contribution in [0.4, 0.5) is 10.2 Å². The maximum atomic E-state index is 15.4. The number of amides is 1. The third kappa shape index (κ3) is 5.66. The topological polar surface area (TPSA) is 101 Å². The van der Waals surface area contributed by atoms with Crippen molar-refractivity contribution in [2.24, 2.45) is 0 Å². The van der Waals surface area contributed by atoms with Gasteiger partial charge < -0.3 is 20.7 Å². The summed E-state index contributed by atoms with van der Waals surface area (Å²) in [6, 6.07) is 1.52. The molecule has 0 unspecified atom stereocenters. The van der Waals surface area contributed by atoms with E-state index in [0.717, 1.165) is 26.2 Å². The van der Waals surface area contributed by atoms with Crippen LogP contribution >= 0.6 is 11.6 Å². The molecule has 1 aliphatic heterocycles. The van der Waals surface area contributed by atoms with Gasteiger partial charge in [-0.05, 0) is 33.9 Å². The summed E-state index contributed by atoms with van der Waals surface area (Å²) in [5.74, 6) is -0.579. The number of aromatic nitrogens is 3. The van der Waals surface area contributed by atoms with E-state index < -0.39 is 17.6 Å². The average molecular weight is 532 g/mol. The number of halogens is 2. The minimum atomic E-state index is -0.803. The summed E-state index contributed by atoms with van der Waals surface area (Å²) >= 11 is 6.34. The number of nitrogens with zero attached hydrogens (tertiary/aromatic N) is 5. The molecule has 11 heteroatoms. The number of benzene rings is 1. The van der Waals surface area contributed by atoms with E-state index in [2.05, 4.69) is 27.1 Å². The molecule has 3 aromatic rings. The molecule has 1 saturated heterocycles. The number of aryl methyl sites for hydroxylation is 1. The molecule has 9 nitrogen and oxygen atoms in total. The van der Waals surface area contributed by atoms with Gasteiger partial charge in [-0.25, -0.2) is 14.4 Å². The molecule has 3 N–H and O–H groups in total. The van der Waals surface area contributed by atoms with Gasteiger partial charge in [0, 0.05) is 63.1 Å². The molecular formula is C26H35ClFN7O2. The Bertz CT molecular complexity index is 1290. The van der Waals surface area contributed by atoms with Gasteiger partial charge >= 0.3 is 0 Å². The first-order valence-corrected chi connectivity index (χ1v) is 12.9. The number of anilines is 1. The second-order valence-electron chi connectivity index (χ2n) is 9.84. The Kier molecular flexibility index (Phi) is 8.20. The van der Waals surface area contributed by atoms with Crippen LogP contribution in [-0.4, -0.2) is 82.5 Å². The van der Waals surface area contributed by atoms with Crippen molar-refractivity contribution in [1.82, 2.24) is 29.5 Å². The Morgan fingerprint density at radius 2 is 1.97 bits per heavy atom. The molecule has 2 aromatic heterocycles. The Morgan fingerprint density at radius 1 is 1.27 bits per heavy atom. The second kappa shape index (κ2) is 11.2. The largest absolute Gasteiger partial charge is 0.490 e. The molecule has 200 valence electrons. The molecule has 4 rings (SSSR count). The highest BCUT2D eigenvalue weighted by Gasteiger charge is 2.30. The standard InChI is InChI=1S/C26H35ClFN7O2/c1-15(2)37-23-18(16(3)25-32-17(4)22-24(29)30-7-9-35(22)25)14-19(27)21(28)20(23)26(36)31-6-8-34-12-10-33(5)11-13-34/h7,9,14-16H,6,8,10-13H2,1-5H3,(H2,29,30)(H,31,36)/t16-/m0/s1. The van der Waals surface area contributed by atoms with Crippen LogP contribution in [0.3, 0.4) is 0 Å². The van der Waals surface area contributed by atoms with Gasteiger partial charge in [0.05, 0.1) is 16.8 Å². The van der Waals surface area contributed by atoms with E-state index in [9.17, 15) is 4.79 Å². The number of imidazole rings is 1. The van der Waals surface area contributed by atoms with E-state index in [1.54, 1.807) is 12.4 Å². The lowest BCUT2D eigenvalue weighted by Gasteiger charge is -2.32. The Hall–Kier alpha value is -2.95. The van der Waals surface area contributed by atoms with E-state index in [1.807, 2.05) is 32.1 Å². The number of carbonyl (C=O) groups excluding carboxylic acids is 1. The number of piperazine rings is 1. The summed E-state index contributed by atoms with van der Waals surface area (Å²) in [4.78, 5) is 26.8. The Labute approximate surface area is 221 Å². The Balaban J connectivity index is 1.68. The number of rotatable bonds is 8. The maximum Gasteiger partial charge on any atom is 0.258 e. The van der Waals surface area contributed by atoms with Crippen LogP contribution in [0.1, 0.15) is 54.1 Å². The van der Waals surface area contributed by atoms with E-state index in [1.165, 1.54) is 6.07 Å². The van der Waals surface area contributed by atoms with Crippen molar-refractivity contribution in [3.63, 3.8) is 0 Å². The third-order valence-corrected chi connectivity index (χ3v) is 7.00.